The highest BCUT2D eigenvalue weighted by atomic mass is 15.3. The number of hydrogen-bond donors (Lipinski definition) is 3. The molecular weight excluding hydrogens is 250 g/mol. The Morgan fingerprint density at radius 2 is 1.75 bits per heavy atom. The Kier molecular flexibility index (Phi) is 6.71. The zero-order valence-corrected chi connectivity index (χ0v) is 13.5. The molecule has 0 amide bonds. The lowest BCUT2D eigenvalue weighted by atomic mass is 10.1. The second kappa shape index (κ2) is 8.04. The van der Waals surface area contributed by atoms with E-state index in [4.69, 9.17) is 5.84 Å². The summed E-state index contributed by atoms with van der Waals surface area (Å²) in [5, 5.41) is 3.49. The number of nitrogen functional groups attached to an aromatic ring is 1. The molecule has 0 radical (unpaired) electrons. The van der Waals surface area contributed by atoms with Crippen molar-refractivity contribution in [2.24, 2.45) is 5.84 Å². The van der Waals surface area contributed by atoms with E-state index in [-0.39, 0.29) is 5.92 Å². The Hall–Kier alpha value is -1.36. The van der Waals surface area contributed by atoms with Gasteiger partial charge in [0.25, 0.3) is 0 Å². The Morgan fingerprint density at radius 3 is 2.30 bits per heavy atom. The molecule has 0 aliphatic heterocycles. The number of nitrogens with zero attached hydrogens (tertiary/aromatic N) is 2. The highest BCUT2D eigenvalue weighted by molar-refractivity contribution is 5.57. The van der Waals surface area contributed by atoms with Crippen LogP contribution in [0.5, 0.6) is 0 Å². The van der Waals surface area contributed by atoms with Crippen LogP contribution in [0.1, 0.15) is 70.7 Å². The first kappa shape index (κ1) is 16.7. The first-order chi connectivity index (χ1) is 9.49. The molecule has 5 heteroatoms. The molecule has 0 fully saturated rings. The molecular formula is C15H29N5. The molecule has 1 aromatic heterocycles. The quantitative estimate of drug-likeness (QED) is 0.385. The maximum atomic E-state index is 5.55. The van der Waals surface area contributed by atoms with E-state index >= 15 is 0 Å². The van der Waals surface area contributed by atoms with Gasteiger partial charge in [0, 0.05) is 17.5 Å². The van der Waals surface area contributed by atoms with Crippen LogP contribution in [0, 0.1) is 6.92 Å². The molecule has 1 aromatic rings. The summed E-state index contributed by atoms with van der Waals surface area (Å²) in [5.41, 5.74) is 3.64. The van der Waals surface area contributed by atoms with Crippen molar-refractivity contribution in [3.8, 4) is 0 Å². The maximum Gasteiger partial charge on any atom is 0.148 e. The number of nitrogens with two attached hydrogens (primary N) is 1. The highest BCUT2D eigenvalue weighted by Crippen LogP contribution is 2.23. The molecule has 1 heterocycles. The lowest BCUT2D eigenvalue weighted by molar-refractivity contribution is 0.612. The molecule has 0 saturated heterocycles. The summed E-state index contributed by atoms with van der Waals surface area (Å²) in [7, 11) is 0. The summed E-state index contributed by atoms with van der Waals surface area (Å²) < 4.78 is 0. The molecule has 0 aliphatic carbocycles. The van der Waals surface area contributed by atoms with E-state index in [1.54, 1.807) is 0 Å². The van der Waals surface area contributed by atoms with Crippen LogP contribution in [-0.2, 0) is 0 Å². The van der Waals surface area contributed by atoms with Gasteiger partial charge < -0.3 is 10.7 Å². The second-order valence-electron chi connectivity index (χ2n) is 5.74. The Labute approximate surface area is 122 Å². The second-order valence-corrected chi connectivity index (χ2v) is 5.74. The van der Waals surface area contributed by atoms with Crippen LogP contribution in [0.25, 0.3) is 0 Å². The number of unbranched alkanes of at least 4 members (excludes halogenated alkanes) is 2. The van der Waals surface area contributed by atoms with Crippen molar-refractivity contribution in [2.45, 2.75) is 72.3 Å². The van der Waals surface area contributed by atoms with Crippen molar-refractivity contribution in [3.63, 3.8) is 0 Å². The van der Waals surface area contributed by atoms with Gasteiger partial charge in [0.15, 0.2) is 0 Å². The van der Waals surface area contributed by atoms with E-state index < -0.39 is 0 Å². The van der Waals surface area contributed by atoms with Gasteiger partial charge in [-0.05, 0) is 20.3 Å². The van der Waals surface area contributed by atoms with Crippen LogP contribution in [0.3, 0.4) is 0 Å². The summed E-state index contributed by atoms with van der Waals surface area (Å²) in [6.07, 6.45) is 4.92. The van der Waals surface area contributed by atoms with Crippen molar-refractivity contribution in [3.05, 3.63) is 11.4 Å². The van der Waals surface area contributed by atoms with Gasteiger partial charge in [0.2, 0.25) is 0 Å². The molecule has 114 valence electrons. The average molecular weight is 279 g/mol. The molecule has 1 rings (SSSR count). The van der Waals surface area contributed by atoms with E-state index in [9.17, 15) is 0 Å². The minimum atomic E-state index is 0.277. The van der Waals surface area contributed by atoms with Crippen molar-refractivity contribution in [2.75, 3.05) is 10.7 Å². The first-order valence-corrected chi connectivity index (χ1v) is 7.61. The van der Waals surface area contributed by atoms with Gasteiger partial charge in [-0.3, -0.25) is 0 Å². The third-order valence-electron chi connectivity index (χ3n) is 3.44. The monoisotopic (exact) mass is 279 g/mol. The molecule has 5 nitrogen and oxygen atoms in total. The molecule has 0 aliphatic rings. The Morgan fingerprint density at radius 1 is 1.10 bits per heavy atom. The van der Waals surface area contributed by atoms with Gasteiger partial charge in [0.05, 0.1) is 0 Å². The van der Waals surface area contributed by atoms with Gasteiger partial charge >= 0.3 is 0 Å². The van der Waals surface area contributed by atoms with E-state index in [0.717, 1.165) is 23.6 Å². The molecule has 20 heavy (non-hydrogen) atoms. The van der Waals surface area contributed by atoms with Crippen molar-refractivity contribution in [1.29, 1.82) is 0 Å². The maximum absolute atomic E-state index is 5.55. The number of rotatable bonds is 8. The molecule has 0 saturated carbocycles. The summed E-state index contributed by atoms with van der Waals surface area (Å²) in [6, 6.07) is 0.404. The zero-order valence-electron chi connectivity index (χ0n) is 13.5. The van der Waals surface area contributed by atoms with E-state index in [1.165, 1.54) is 19.3 Å². The molecule has 0 aromatic carbocycles. The van der Waals surface area contributed by atoms with Crippen molar-refractivity contribution >= 4 is 11.6 Å². The fourth-order valence-electron chi connectivity index (χ4n) is 2.08. The number of nitrogens with one attached hydrogen (secondary N) is 2. The molecule has 4 N–H and O–H groups in total. The number of hydrazine groups is 1. The third kappa shape index (κ3) is 4.63. The van der Waals surface area contributed by atoms with Crippen LogP contribution in [0.2, 0.25) is 0 Å². The zero-order chi connectivity index (χ0) is 15.1. The SMILES string of the molecule is CCCCCC(C)Nc1nc(C(C)C)nc(NN)c1C. The smallest absolute Gasteiger partial charge is 0.148 e. The van der Waals surface area contributed by atoms with Crippen molar-refractivity contribution < 1.29 is 0 Å². The summed E-state index contributed by atoms with van der Waals surface area (Å²) in [6.45, 7) is 10.6. The van der Waals surface area contributed by atoms with E-state index in [2.05, 4.69) is 48.4 Å². The van der Waals surface area contributed by atoms with Crippen LogP contribution in [0.4, 0.5) is 11.6 Å². The van der Waals surface area contributed by atoms with Crippen LogP contribution in [0.15, 0.2) is 0 Å². The topological polar surface area (TPSA) is 75.9 Å². The van der Waals surface area contributed by atoms with Gasteiger partial charge in [-0.2, -0.15) is 0 Å². The molecule has 0 spiro atoms. The Bertz CT molecular complexity index is 417. The molecule has 1 atom stereocenters. The summed E-state index contributed by atoms with van der Waals surface area (Å²) in [5.74, 6) is 8.23. The predicted octanol–water partition coefficient (Wildman–Crippen LogP) is 3.57. The van der Waals surface area contributed by atoms with Crippen molar-refractivity contribution in [1.82, 2.24) is 9.97 Å². The van der Waals surface area contributed by atoms with E-state index in [0.29, 0.717) is 11.9 Å². The lowest BCUT2D eigenvalue weighted by Gasteiger charge is -2.19. The minimum absolute atomic E-state index is 0.277. The van der Waals surface area contributed by atoms with Crippen LogP contribution >= 0.6 is 0 Å². The fourth-order valence-corrected chi connectivity index (χ4v) is 2.08. The highest BCUT2D eigenvalue weighted by Gasteiger charge is 2.14. The Balaban J connectivity index is 2.84. The van der Waals surface area contributed by atoms with Crippen LogP contribution in [-0.4, -0.2) is 16.0 Å². The molecule has 0 bridgehead atoms. The van der Waals surface area contributed by atoms with Gasteiger partial charge in [0.1, 0.15) is 17.5 Å². The van der Waals surface area contributed by atoms with Gasteiger partial charge in [-0.15, -0.1) is 0 Å². The number of hydrogen-bond acceptors (Lipinski definition) is 5. The summed E-state index contributed by atoms with van der Waals surface area (Å²) >= 11 is 0. The normalized spacial score (nSPS) is 12.6. The summed E-state index contributed by atoms with van der Waals surface area (Å²) in [4.78, 5) is 9.08. The van der Waals surface area contributed by atoms with Gasteiger partial charge in [-0.25, -0.2) is 15.8 Å². The first-order valence-electron chi connectivity index (χ1n) is 7.61. The molecule has 1 unspecified atom stereocenters. The lowest BCUT2D eigenvalue weighted by Crippen LogP contribution is -2.20. The predicted molar refractivity (Wildman–Crippen MR) is 85.9 cm³/mol. The average Bonchev–Trinajstić information content (AvgIpc) is 2.41. The fraction of sp³-hybridized carbons (Fsp3) is 0.733. The van der Waals surface area contributed by atoms with Crippen LogP contribution < -0.4 is 16.6 Å². The standard InChI is InChI=1S/C15H29N5/c1-6-7-8-9-11(4)17-14-12(5)15(20-16)19-13(18-14)10(2)3/h10-11H,6-9,16H2,1-5H3,(H2,17,18,19,20). The number of anilines is 2. The largest absolute Gasteiger partial charge is 0.367 e. The third-order valence-corrected chi connectivity index (χ3v) is 3.44. The number of aromatic nitrogens is 2. The minimum Gasteiger partial charge on any atom is -0.367 e. The van der Waals surface area contributed by atoms with E-state index in [1.807, 2.05) is 6.92 Å². The van der Waals surface area contributed by atoms with Gasteiger partial charge in [-0.1, -0.05) is 40.0 Å².